The molecule has 1 unspecified atom stereocenters. The molecule has 17 heavy (non-hydrogen) atoms. The molecule has 0 saturated heterocycles. The number of aliphatic carboxylic acids is 1. The number of hydrogen-bond acceptors (Lipinski definition) is 3. The van der Waals surface area contributed by atoms with E-state index in [1.807, 2.05) is 0 Å². The molecule has 2 atom stereocenters. The molecular formula is C12H14BrNO3. The van der Waals surface area contributed by atoms with E-state index < -0.39 is 12.0 Å². The van der Waals surface area contributed by atoms with Gasteiger partial charge in [0.2, 0.25) is 0 Å². The largest absolute Gasteiger partial charge is 0.480 e. The van der Waals surface area contributed by atoms with Crippen molar-refractivity contribution in [3.05, 3.63) is 34.3 Å². The lowest BCUT2D eigenvalue weighted by Gasteiger charge is -2.14. The van der Waals surface area contributed by atoms with Gasteiger partial charge >= 0.3 is 5.97 Å². The lowest BCUT2D eigenvalue weighted by Crippen LogP contribution is -2.37. The zero-order valence-electron chi connectivity index (χ0n) is 9.39. The van der Waals surface area contributed by atoms with Gasteiger partial charge in [-0.2, -0.15) is 0 Å². The summed E-state index contributed by atoms with van der Waals surface area (Å²) < 4.78 is 0.893. The van der Waals surface area contributed by atoms with Gasteiger partial charge in [0.1, 0.15) is 6.04 Å². The van der Waals surface area contributed by atoms with E-state index in [9.17, 15) is 9.59 Å². The van der Waals surface area contributed by atoms with Crippen LogP contribution in [0.4, 0.5) is 0 Å². The fourth-order valence-corrected chi connectivity index (χ4v) is 1.68. The van der Waals surface area contributed by atoms with Gasteiger partial charge in [-0.1, -0.05) is 35.0 Å². The first-order valence-corrected chi connectivity index (χ1v) is 5.98. The highest BCUT2D eigenvalue weighted by Crippen LogP contribution is 2.15. The van der Waals surface area contributed by atoms with Gasteiger partial charge in [-0.3, -0.25) is 9.59 Å². The molecule has 92 valence electrons. The van der Waals surface area contributed by atoms with Crippen LogP contribution in [-0.4, -0.2) is 22.9 Å². The Balaban J connectivity index is 2.66. The zero-order valence-corrected chi connectivity index (χ0v) is 11.0. The molecule has 1 aromatic carbocycles. The lowest BCUT2D eigenvalue weighted by molar-refractivity contribution is -0.139. The summed E-state index contributed by atoms with van der Waals surface area (Å²) in [6.45, 7) is 1.66. The summed E-state index contributed by atoms with van der Waals surface area (Å²) in [7, 11) is 0. The standard InChI is InChI=1S/C12H14BrNO3/c1-7(11(14)12(16)17)6-10(15)8-2-4-9(13)5-3-8/h2-5,7,11H,6,14H2,1H3,(H,16,17)/t7?,11-/m0/s1. The Morgan fingerprint density at radius 2 is 1.88 bits per heavy atom. The number of carboxylic acids is 1. The minimum Gasteiger partial charge on any atom is -0.480 e. The summed E-state index contributed by atoms with van der Waals surface area (Å²) in [5, 5.41) is 8.73. The third kappa shape index (κ3) is 3.94. The summed E-state index contributed by atoms with van der Waals surface area (Å²) in [5.41, 5.74) is 6.02. The van der Waals surface area contributed by atoms with Crippen LogP contribution < -0.4 is 5.73 Å². The van der Waals surface area contributed by atoms with E-state index in [1.54, 1.807) is 31.2 Å². The first-order chi connectivity index (χ1) is 7.91. The van der Waals surface area contributed by atoms with Crippen molar-refractivity contribution in [1.82, 2.24) is 0 Å². The Hall–Kier alpha value is -1.20. The van der Waals surface area contributed by atoms with E-state index in [4.69, 9.17) is 10.8 Å². The number of rotatable bonds is 5. The third-order valence-electron chi connectivity index (χ3n) is 2.57. The van der Waals surface area contributed by atoms with Crippen molar-refractivity contribution in [3.63, 3.8) is 0 Å². The predicted molar refractivity (Wildman–Crippen MR) is 67.9 cm³/mol. The third-order valence-corrected chi connectivity index (χ3v) is 3.10. The second kappa shape index (κ2) is 5.93. The molecule has 0 fully saturated rings. The van der Waals surface area contributed by atoms with Crippen molar-refractivity contribution in [2.75, 3.05) is 0 Å². The van der Waals surface area contributed by atoms with E-state index in [1.165, 1.54) is 0 Å². The fourth-order valence-electron chi connectivity index (χ4n) is 1.42. The summed E-state index contributed by atoms with van der Waals surface area (Å²) in [4.78, 5) is 22.5. The minimum atomic E-state index is -1.08. The van der Waals surface area contributed by atoms with Crippen LogP contribution in [0.1, 0.15) is 23.7 Å². The average Bonchev–Trinajstić information content (AvgIpc) is 2.28. The highest BCUT2D eigenvalue weighted by molar-refractivity contribution is 9.10. The molecule has 3 N–H and O–H groups in total. The van der Waals surface area contributed by atoms with Crippen molar-refractivity contribution >= 4 is 27.7 Å². The Morgan fingerprint density at radius 1 is 1.35 bits per heavy atom. The highest BCUT2D eigenvalue weighted by Gasteiger charge is 2.22. The fraction of sp³-hybridized carbons (Fsp3) is 0.333. The van der Waals surface area contributed by atoms with E-state index in [2.05, 4.69) is 15.9 Å². The summed E-state index contributed by atoms with van der Waals surface area (Å²) in [5.74, 6) is -1.56. The number of nitrogens with two attached hydrogens (primary N) is 1. The first-order valence-electron chi connectivity index (χ1n) is 5.19. The van der Waals surface area contributed by atoms with Crippen LogP contribution in [0.3, 0.4) is 0 Å². The van der Waals surface area contributed by atoms with Crippen molar-refractivity contribution < 1.29 is 14.7 Å². The number of halogens is 1. The van der Waals surface area contributed by atoms with Gasteiger partial charge in [0, 0.05) is 16.5 Å². The lowest BCUT2D eigenvalue weighted by atomic mass is 9.94. The summed E-state index contributed by atoms with van der Waals surface area (Å²) in [6.07, 6.45) is 0.134. The minimum absolute atomic E-state index is 0.0956. The van der Waals surface area contributed by atoms with Crippen LogP contribution in [0.15, 0.2) is 28.7 Å². The van der Waals surface area contributed by atoms with Crippen LogP contribution in [0.25, 0.3) is 0 Å². The first kappa shape index (κ1) is 13.9. The van der Waals surface area contributed by atoms with E-state index >= 15 is 0 Å². The van der Waals surface area contributed by atoms with Gasteiger partial charge in [-0.05, 0) is 18.1 Å². The van der Waals surface area contributed by atoms with Crippen molar-refractivity contribution in [3.8, 4) is 0 Å². The van der Waals surface area contributed by atoms with Crippen LogP contribution in [-0.2, 0) is 4.79 Å². The van der Waals surface area contributed by atoms with Crippen molar-refractivity contribution in [2.45, 2.75) is 19.4 Å². The van der Waals surface area contributed by atoms with Crippen LogP contribution in [0.2, 0.25) is 0 Å². The van der Waals surface area contributed by atoms with Gasteiger partial charge in [-0.25, -0.2) is 0 Å². The van der Waals surface area contributed by atoms with Gasteiger partial charge in [-0.15, -0.1) is 0 Å². The van der Waals surface area contributed by atoms with Crippen molar-refractivity contribution in [2.24, 2.45) is 11.7 Å². The molecule has 0 amide bonds. The Bertz CT molecular complexity index is 416. The molecule has 0 aliphatic heterocycles. The van der Waals surface area contributed by atoms with Gasteiger partial charge in [0.05, 0.1) is 0 Å². The second-order valence-electron chi connectivity index (χ2n) is 3.98. The molecule has 0 spiro atoms. The molecule has 0 aromatic heterocycles. The molecule has 1 rings (SSSR count). The van der Waals surface area contributed by atoms with Crippen molar-refractivity contribution in [1.29, 1.82) is 0 Å². The molecule has 0 saturated carbocycles. The van der Waals surface area contributed by atoms with E-state index in [0.717, 1.165) is 4.47 Å². The number of carbonyl (C=O) groups excluding carboxylic acids is 1. The number of hydrogen-bond donors (Lipinski definition) is 2. The molecule has 0 heterocycles. The maximum atomic E-state index is 11.8. The second-order valence-corrected chi connectivity index (χ2v) is 4.89. The topological polar surface area (TPSA) is 80.4 Å². The zero-order chi connectivity index (χ0) is 13.0. The Labute approximate surface area is 108 Å². The van der Waals surface area contributed by atoms with Crippen LogP contribution in [0, 0.1) is 5.92 Å². The number of Topliss-reactive ketones (excluding diaryl/α,β-unsaturated/α-hetero) is 1. The number of benzene rings is 1. The molecule has 0 aliphatic rings. The quantitative estimate of drug-likeness (QED) is 0.816. The Morgan fingerprint density at radius 3 is 2.35 bits per heavy atom. The van der Waals surface area contributed by atoms with E-state index in [-0.39, 0.29) is 18.1 Å². The highest BCUT2D eigenvalue weighted by atomic mass is 79.9. The molecule has 0 aliphatic carbocycles. The summed E-state index contributed by atoms with van der Waals surface area (Å²) >= 11 is 3.28. The maximum absolute atomic E-state index is 11.8. The van der Waals surface area contributed by atoms with E-state index in [0.29, 0.717) is 5.56 Å². The van der Waals surface area contributed by atoms with Gasteiger partial charge in [0.15, 0.2) is 5.78 Å². The summed E-state index contributed by atoms with van der Waals surface area (Å²) in [6, 6.07) is 5.94. The monoisotopic (exact) mass is 299 g/mol. The maximum Gasteiger partial charge on any atom is 0.320 e. The SMILES string of the molecule is CC(CC(=O)c1ccc(Br)cc1)[C@H](N)C(=O)O. The average molecular weight is 300 g/mol. The van der Waals surface area contributed by atoms with Gasteiger partial charge in [0.25, 0.3) is 0 Å². The normalized spacial score (nSPS) is 14.1. The molecule has 5 heteroatoms. The number of carbonyl (C=O) groups is 2. The predicted octanol–water partition coefficient (Wildman–Crippen LogP) is 2.07. The number of carboxylic acid groups (broad SMARTS) is 1. The van der Waals surface area contributed by atoms with Crippen LogP contribution >= 0.6 is 15.9 Å². The smallest absolute Gasteiger partial charge is 0.320 e. The number of ketones is 1. The molecular weight excluding hydrogens is 286 g/mol. The van der Waals surface area contributed by atoms with Crippen LogP contribution in [0.5, 0.6) is 0 Å². The molecule has 0 bridgehead atoms. The molecule has 0 radical (unpaired) electrons. The van der Waals surface area contributed by atoms with Gasteiger partial charge < -0.3 is 10.8 Å². The molecule has 1 aromatic rings. The molecule has 4 nitrogen and oxygen atoms in total. The Kier molecular flexibility index (Phi) is 4.84.